The molecule has 0 amide bonds. The van der Waals surface area contributed by atoms with E-state index in [4.69, 9.17) is 15.6 Å². The van der Waals surface area contributed by atoms with Gasteiger partial charge in [-0.2, -0.15) is 0 Å². The van der Waals surface area contributed by atoms with E-state index >= 15 is 0 Å². The first-order chi connectivity index (χ1) is 7.31. The highest BCUT2D eigenvalue weighted by atomic mass is 16.5. The van der Waals surface area contributed by atoms with Crippen molar-refractivity contribution in [3.63, 3.8) is 0 Å². The molecule has 15 heavy (non-hydrogen) atoms. The first-order valence-corrected chi connectivity index (χ1v) is 4.98. The number of aliphatic hydroxyl groups excluding tert-OH is 1. The van der Waals surface area contributed by atoms with Crippen LogP contribution in [-0.4, -0.2) is 42.5 Å². The molecule has 82 valence electrons. The molecule has 1 aliphatic heterocycles. The molecule has 1 aromatic rings. The molecule has 3 N–H and O–H groups in total. The lowest BCUT2D eigenvalue weighted by atomic mass is 10.2. The third-order valence-electron chi connectivity index (χ3n) is 2.51. The Morgan fingerprint density at radius 3 is 3.27 bits per heavy atom. The maximum atomic E-state index is 9.03. The van der Waals surface area contributed by atoms with Crippen LogP contribution in [0.1, 0.15) is 0 Å². The van der Waals surface area contributed by atoms with Gasteiger partial charge in [0.1, 0.15) is 0 Å². The second-order valence-electron chi connectivity index (χ2n) is 3.56. The molecular formula is C10H15N3O2. The van der Waals surface area contributed by atoms with Crippen LogP contribution >= 0.6 is 0 Å². The number of rotatable bonds is 2. The zero-order valence-electron chi connectivity index (χ0n) is 8.47. The van der Waals surface area contributed by atoms with Crippen LogP contribution in [0.3, 0.4) is 0 Å². The number of hydrogen-bond acceptors (Lipinski definition) is 5. The Bertz CT molecular complexity index is 332. The highest BCUT2D eigenvalue weighted by Gasteiger charge is 2.20. The first-order valence-electron chi connectivity index (χ1n) is 4.98. The van der Waals surface area contributed by atoms with Crippen molar-refractivity contribution >= 4 is 11.4 Å². The van der Waals surface area contributed by atoms with Gasteiger partial charge in [0.15, 0.2) is 0 Å². The van der Waals surface area contributed by atoms with Gasteiger partial charge in [-0.3, -0.25) is 4.98 Å². The van der Waals surface area contributed by atoms with Gasteiger partial charge in [0, 0.05) is 19.3 Å². The molecule has 0 radical (unpaired) electrons. The minimum Gasteiger partial charge on any atom is -0.396 e. The predicted molar refractivity (Wildman–Crippen MR) is 57.7 cm³/mol. The zero-order valence-corrected chi connectivity index (χ0v) is 8.47. The number of morpholine rings is 1. The monoisotopic (exact) mass is 209 g/mol. The normalized spacial score (nSPS) is 21.7. The third kappa shape index (κ3) is 2.19. The van der Waals surface area contributed by atoms with Gasteiger partial charge in [-0.15, -0.1) is 0 Å². The summed E-state index contributed by atoms with van der Waals surface area (Å²) in [5.41, 5.74) is 7.46. The summed E-state index contributed by atoms with van der Waals surface area (Å²) in [6.45, 7) is 2.13. The number of nitrogens with zero attached hydrogens (tertiary/aromatic N) is 2. The SMILES string of the molecule is Nc1cnccc1N1CCOC(CO)C1. The third-order valence-corrected chi connectivity index (χ3v) is 2.51. The lowest BCUT2D eigenvalue weighted by Gasteiger charge is -2.34. The zero-order chi connectivity index (χ0) is 10.7. The summed E-state index contributed by atoms with van der Waals surface area (Å²) in [6, 6.07) is 1.88. The lowest BCUT2D eigenvalue weighted by Crippen LogP contribution is -2.44. The van der Waals surface area contributed by atoms with Gasteiger partial charge in [0.2, 0.25) is 0 Å². The number of anilines is 2. The van der Waals surface area contributed by atoms with E-state index in [9.17, 15) is 0 Å². The average Bonchev–Trinajstić information content (AvgIpc) is 2.30. The van der Waals surface area contributed by atoms with E-state index in [1.165, 1.54) is 0 Å². The fourth-order valence-corrected chi connectivity index (χ4v) is 1.74. The van der Waals surface area contributed by atoms with Gasteiger partial charge in [-0.05, 0) is 6.07 Å². The molecule has 0 spiro atoms. The van der Waals surface area contributed by atoms with E-state index in [1.807, 2.05) is 6.07 Å². The van der Waals surface area contributed by atoms with Crippen molar-refractivity contribution in [2.24, 2.45) is 0 Å². The molecule has 0 bridgehead atoms. The Labute approximate surface area is 88.5 Å². The van der Waals surface area contributed by atoms with E-state index < -0.39 is 0 Å². The number of pyridine rings is 1. The summed E-state index contributed by atoms with van der Waals surface area (Å²) in [4.78, 5) is 6.06. The van der Waals surface area contributed by atoms with Crippen molar-refractivity contribution in [2.45, 2.75) is 6.10 Å². The fraction of sp³-hybridized carbons (Fsp3) is 0.500. The molecule has 2 rings (SSSR count). The standard InChI is InChI=1S/C10H15N3O2/c11-9-5-12-2-1-10(9)13-3-4-15-8(6-13)7-14/h1-2,5,8,14H,3-4,6-7,11H2. The minimum absolute atomic E-state index is 0.0431. The Balaban J connectivity index is 2.13. The molecule has 1 saturated heterocycles. The van der Waals surface area contributed by atoms with Crippen molar-refractivity contribution in [1.82, 2.24) is 4.98 Å². The summed E-state index contributed by atoms with van der Waals surface area (Å²) in [5, 5.41) is 9.03. The number of nitrogens with two attached hydrogens (primary N) is 1. The van der Waals surface area contributed by atoms with Gasteiger partial charge in [0.05, 0.1) is 36.9 Å². The molecule has 0 aromatic carbocycles. The van der Waals surface area contributed by atoms with E-state index in [-0.39, 0.29) is 12.7 Å². The van der Waals surface area contributed by atoms with Gasteiger partial charge in [0.25, 0.3) is 0 Å². The average molecular weight is 209 g/mol. The van der Waals surface area contributed by atoms with Crippen molar-refractivity contribution in [3.8, 4) is 0 Å². The molecule has 5 heteroatoms. The van der Waals surface area contributed by atoms with Crippen LogP contribution in [0.4, 0.5) is 11.4 Å². The predicted octanol–water partition coefficient (Wildman–Crippen LogP) is -0.139. The van der Waals surface area contributed by atoms with Crippen LogP contribution < -0.4 is 10.6 Å². The Morgan fingerprint density at radius 1 is 1.67 bits per heavy atom. The summed E-state index contributed by atoms with van der Waals surface area (Å²) in [5.74, 6) is 0. The molecule has 1 aliphatic rings. The maximum absolute atomic E-state index is 9.03. The van der Waals surface area contributed by atoms with Crippen LogP contribution in [0.2, 0.25) is 0 Å². The second kappa shape index (κ2) is 4.46. The van der Waals surface area contributed by atoms with Gasteiger partial charge >= 0.3 is 0 Å². The smallest absolute Gasteiger partial charge is 0.0980 e. The van der Waals surface area contributed by atoms with Crippen molar-refractivity contribution in [3.05, 3.63) is 18.5 Å². The Hall–Kier alpha value is -1.33. The molecule has 1 aromatic heterocycles. The first kappa shape index (κ1) is 10.2. The van der Waals surface area contributed by atoms with Crippen LogP contribution in [0, 0.1) is 0 Å². The largest absolute Gasteiger partial charge is 0.396 e. The number of aromatic nitrogens is 1. The van der Waals surface area contributed by atoms with E-state index in [0.29, 0.717) is 18.8 Å². The van der Waals surface area contributed by atoms with Crippen molar-refractivity contribution in [2.75, 3.05) is 36.9 Å². The highest BCUT2D eigenvalue weighted by Crippen LogP contribution is 2.23. The number of hydrogen-bond donors (Lipinski definition) is 2. The van der Waals surface area contributed by atoms with Gasteiger partial charge < -0.3 is 20.5 Å². The van der Waals surface area contributed by atoms with Gasteiger partial charge in [-0.25, -0.2) is 0 Å². The summed E-state index contributed by atoms with van der Waals surface area (Å²) < 4.78 is 5.37. The Morgan fingerprint density at radius 2 is 2.53 bits per heavy atom. The lowest BCUT2D eigenvalue weighted by molar-refractivity contribution is 0.00360. The summed E-state index contributed by atoms with van der Waals surface area (Å²) in [6.07, 6.45) is 3.24. The van der Waals surface area contributed by atoms with Crippen LogP contribution in [0.15, 0.2) is 18.5 Å². The highest BCUT2D eigenvalue weighted by molar-refractivity contribution is 5.66. The van der Waals surface area contributed by atoms with E-state index in [1.54, 1.807) is 12.4 Å². The summed E-state index contributed by atoms with van der Waals surface area (Å²) >= 11 is 0. The van der Waals surface area contributed by atoms with Crippen LogP contribution in [0.25, 0.3) is 0 Å². The molecule has 5 nitrogen and oxygen atoms in total. The maximum Gasteiger partial charge on any atom is 0.0980 e. The number of nitrogen functional groups attached to an aromatic ring is 1. The Kier molecular flexibility index (Phi) is 3.03. The van der Waals surface area contributed by atoms with E-state index in [2.05, 4.69) is 9.88 Å². The van der Waals surface area contributed by atoms with E-state index in [0.717, 1.165) is 12.2 Å². The van der Waals surface area contributed by atoms with Crippen molar-refractivity contribution in [1.29, 1.82) is 0 Å². The molecular weight excluding hydrogens is 194 g/mol. The molecule has 1 unspecified atom stereocenters. The van der Waals surface area contributed by atoms with Gasteiger partial charge in [-0.1, -0.05) is 0 Å². The second-order valence-corrected chi connectivity index (χ2v) is 3.56. The number of aliphatic hydroxyl groups is 1. The molecule has 2 heterocycles. The fourth-order valence-electron chi connectivity index (χ4n) is 1.74. The number of ether oxygens (including phenoxy) is 1. The molecule has 1 atom stereocenters. The summed E-state index contributed by atoms with van der Waals surface area (Å²) in [7, 11) is 0. The van der Waals surface area contributed by atoms with Crippen LogP contribution in [-0.2, 0) is 4.74 Å². The topological polar surface area (TPSA) is 71.6 Å². The van der Waals surface area contributed by atoms with Crippen LogP contribution in [0.5, 0.6) is 0 Å². The van der Waals surface area contributed by atoms with Crippen molar-refractivity contribution < 1.29 is 9.84 Å². The molecule has 0 saturated carbocycles. The molecule has 0 aliphatic carbocycles. The quantitative estimate of drug-likeness (QED) is 0.709. The molecule has 1 fully saturated rings. The minimum atomic E-state index is -0.119.